The van der Waals surface area contributed by atoms with E-state index in [9.17, 15) is 4.79 Å². The molecule has 0 aliphatic carbocycles. The second-order valence-electron chi connectivity index (χ2n) is 5.66. The number of carbonyl (C=O) groups excluding carboxylic acids is 1. The summed E-state index contributed by atoms with van der Waals surface area (Å²) in [6.07, 6.45) is 7.15. The molecular weight excluding hydrogens is 292 g/mol. The molecule has 0 unspecified atom stereocenters. The highest BCUT2D eigenvalue weighted by Gasteiger charge is 2.33. The van der Waals surface area contributed by atoms with Crippen molar-refractivity contribution >= 4 is 5.91 Å². The fraction of sp³-hybridized carbons (Fsp3) is 0.235. The average Bonchev–Trinajstić information content (AvgIpc) is 3.19. The maximum Gasteiger partial charge on any atom is 0.289 e. The molecule has 0 atom stereocenters. The summed E-state index contributed by atoms with van der Waals surface area (Å²) < 4.78 is 7.41. The minimum absolute atomic E-state index is 0.0537. The van der Waals surface area contributed by atoms with Crippen LogP contribution in [0.3, 0.4) is 0 Å². The van der Waals surface area contributed by atoms with Crippen LogP contribution in [-0.2, 0) is 6.54 Å². The zero-order valence-corrected chi connectivity index (χ0v) is 12.5. The first-order valence-corrected chi connectivity index (χ1v) is 7.55. The highest BCUT2D eigenvalue weighted by molar-refractivity contribution is 5.92. The standard InChI is InChI=1S/C17H16N4O2/c22-17(20-10-14(11-20)13-4-7-18-8-5-13)16-3-2-15(23-16)12-21-9-1-6-19-21/h1-9,14H,10-12H2. The van der Waals surface area contributed by atoms with E-state index in [2.05, 4.69) is 10.1 Å². The van der Waals surface area contributed by atoms with Gasteiger partial charge in [-0.1, -0.05) is 0 Å². The second-order valence-corrected chi connectivity index (χ2v) is 5.66. The third kappa shape index (κ3) is 2.75. The number of aromatic nitrogens is 3. The van der Waals surface area contributed by atoms with Crippen molar-refractivity contribution < 1.29 is 9.21 Å². The molecule has 116 valence electrons. The van der Waals surface area contributed by atoms with Crippen LogP contribution < -0.4 is 0 Å². The largest absolute Gasteiger partial charge is 0.454 e. The molecule has 0 bridgehead atoms. The molecule has 6 heteroatoms. The Bertz CT molecular complexity index is 789. The molecule has 0 saturated carbocycles. The third-order valence-corrected chi connectivity index (χ3v) is 4.10. The minimum Gasteiger partial charge on any atom is -0.454 e. The zero-order chi connectivity index (χ0) is 15.6. The summed E-state index contributed by atoms with van der Waals surface area (Å²) in [4.78, 5) is 18.2. The smallest absolute Gasteiger partial charge is 0.289 e. The van der Waals surface area contributed by atoms with Crippen LogP contribution in [0.4, 0.5) is 0 Å². The van der Waals surface area contributed by atoms with Gasteiger partial charge < -0.3 is 9.32 Å². The van der Waals surface area contributed by atoms with Crippen molar-refractivity contribution in [2.45, 2.75) is 12.5 Å². The molecule has 0 aromatic carbocycles. The molecular formula is C17H16N4O2. The molecule has 1 amide bonds. The van der Waals surface area contributed by atoms with Crippen LogP contribution in [0.15, 0.2) is 59.5 Å². The number of likely N-dealkylation sites (tertiary alicyclic amines) is 1. The van der Waals surface area contributed by atoms with E-state index in [1.807, 2.05) is 35.4 Å². The lowest BCUT2D eigenvalue weighted by atomic mass is 9.92. The molecule has 3 aromatic rings. The number of rotatable bonds is 4. The molecule has 0 radical (unpaired) electrons. The van der Waals surface area contributed by atoms with Crippen LogP contribution in [0.2, 0.25) is 0 Å². The SMILES string of the molecule is O=C(c1ccc(Cn2cccn2)o1)N1CC(c2ccncc2)C1. The number of pyridine rings is 1. The van der Waals surface area contributed by atoms with Crippen molar-refractivity contribution in [1.29, 1.82) is 0 Å². The highest BCUT2D eigenvalue weighted by atomic mass is 16.4. The number of amides is 1. The van der Waals surface area contributed by atoms with Gasteiger partial charge in [-0.05, 0) is 35.9 Å². The van der Waals surface area contributed by atoms with Gasteiger partial charge in [0.05, 0.1) is 6.54 Å². The van der Waals surface area contributed by atoms with Gasteiger partial charge in [0, 0.05) is 43.8 Å². The lowest BCUT2D eigenvalue weighted by Gasteiger charge is -2.39. The van der Waals surface area contributed by atoms with Crippen molar-refractivity contribution in [3.63, 3.8) is 0 Å². The van der Waals surface area contributed by atoms with Crippen molar-refractivity contribution in [3.05, 3.63) is 72.2 Å². The van der Waals surface area contributed by atoms with Crippen LogP contribution in [0.5, 0.6) is 0 Å². The number of hydrogen-bond acceptors (Lipinski definition) is 4. The number of carbonyl (C=O) groups is 1. The van der Waals surface area contributed by atoms with Gasteiger partial charge in [0.15, 0.2) is 5.76 Å². The molecule has 1 saturated heterocycles. The van der Waals surface area contributed by atoms with Gasteiger partial charge >= 0.3 is 0 Å². The maximum absolute atomic E-state index is 12.4. The van der Waals surface area contributed by atoms with E-state index >= 15 is 0 Å². The molecule has 6 nitrogen and oxygen atoms in total. The monoisotopic (exact) mass is 308 g/mol. The Morgan fingerprint density at radius 1 is 1.17 bits per heavy atom. The first-order valence-electron chi connectivity index (χ1n) is 7.55. The molecule has 4 heterocycles. The minimum atomic E-state index is -0.0537. The van der Waals surface area contributed by atoms with Gasteiger partial charge in [-0.3, -0.25) is 14.5 Å². The predicted molar refractivity (Wildman–Crippen MR) is 82.9 cm³/mol. The molecule has 1 fully saturated rings. The van der Waals surface area contributed by atoms with Crippen LogP contribution >= 0.6 is 0 Å². The first-order chi connectivity index (χ1) is 11.3. The fourth-order valence-electron chi connectivity index (χ4n) is 2.78. The Kier molecular flexibility index (Phi) is 3.42. The van der Waals surface area contributed by atoms with Crippen LogP contribution in [-0.4, -0.2) is 38.7 Å². The van der Waals surface area contributed by atoms with Gasteiger partial charge in [0.25, 0.3) is 5.91 Å². The lowest BCUT2D eigenvalue weighted by molar-refractivity contribution is 0.0567. The Hall–Kier alpha value is -2.89. The van der Waals surface area contributed by atoms with E-state index < -0.39 is 0 Å². The Labute approximate surface area is 133 Å². The molecule has 4 rings (SSSR count). The van der Waals surface area contributed by atoms with E-state index in [1.165, 1.54) is 5.56 Å². The van der Waals surface area contributed by atoms with Crippen LogP contribution in [0.1, 0.15) is 27.8 Å². The van der Waals surface area contributed by atoms with Gasteiger partial charge in [-0.2, -0.15) is 5.10 Å². The van der Waals surface area contributed by atoms with Gasteiger partial charge in [-0.25, -0.2) is 0 Å². The maximum atomic E-state index is 12.4. The van der Waals surface area contributed by atoms with Crippen molar-refractivity contribution in [1.82, 2.24) is 19.7 Å². The zero-order valence-electron chi connectivity index (χ0n) is 12.5. The van der Waals surface area contributed by atoms with Gasteiger partial charge in [0.2, 0.25) is 0 Å². The Morgan fingerprint density at radius 2 is 2.00 bits per heavy atom. The van der Waals surface area contributed by atoms with E-state index in [1.54, 1.807) is 29.3 Å². The van der Waals surface area contributed by atoms with E-state index in [0.29, 0.717) is 18.2 Å². The number of furan rings is 1. The summed E-state index contributed by atoms with van der Waals surface area (Å²) in [6, 6.07) is 9.42. The molecule has 0 N–H and O–H groups in total. The van der Waals surface area contributed by atoms with Crippen molar-refractivity contribution in [3.8, 4) is 0 Å². The summed E-state index contributed by atoms with van der Waals surface area (Å²) in [6.45, 7) is 1.97. The quantitative estimate of drug-likeness (QED) is 0.741. The van der Waals surface area contributed by atoms with Gasteiger partial charge in [-0.15, -0.1) is 0 Å². The Balaban J connectivity index is 1.38. The van der Waals surface area contributed by atoms with Crippen LogP contribution in [0.25, 0.3) is 0 Å². The van der Waals surface area contributed by atoms with E-state index in [4.69, 9.17) is 4.42 Å². The topological polar surface area (TPSA) is 64.2 Å². The average molecular weight is 308 g/mol. The van der Waals surface area contributed by atoms with E-state index in [0.717, 1.165) is 18.8 Å². The predicted octanol–water partition coefficient (Wildman–Crippen LogP) is 2.16. The summed E-state index contributed by atoms with van der Waals surface area (Å²) in [5.41, 5.74) is 1.22. The first kappa shape index (κ1) is 13.8. The normalized spacial score (nSPS) is 14.7. The Morgan fingerprint density at radius 3 is 2.74 bits per heavy atom. The fourth-order valence-corrected chi connectivity index (χ4v) is 2.78. The highest BCUT2D eigenvalue weighted by Crippen LogP contribution is 2.28. The van der Waals surface area contributed by atoms with Crippen LogP contribution in [0, 0.1) is 0 Å². The van der Waals surface area contributed by atoms with Gasteiger partial charge in [0.1, 0.15) is 5.76 Å². The number of hydrogen-bond donors (Lipinski definition) is 0. The number of nitrogens with zero attached hydrogens (tertiary/aromatic N) is 4. The second kappa shape index (κ2) is 5.72. The lowest BCUT2D eigenvalue weighted by Crippen LogP contribution is -2.48. The molecule has 1 aliphatic rings. The molecule has 3 aromatic heterocycles. The molecule has 23 heavy (non-hydrogen) atoms. The van der Waals surface area contributed by atoms with Crippen molar-refractivity contribution in [2.24, 2.45) is 0 Å². The summed E-state index contributed by atoms with van der Waals surface area (Å²) in [5.74, 6) is 1.45. The molecule has 0 spiro atoms. The van der Waals surface area contributed by atoms with E-state index in [-0.39, 0.29) is 5.91 Å². The summed E-state index contributed by atoms with van der Waals surface area (Å²) in [7, 11) is 0. The third-order valence-electron chi connectivity index (χ3n) is 4.10. The summed E-state index contributed by atoms with van der Waals surface area (Å²) >= 11 is 0. The van der Waals surface area contributed by atoms with Crippen molar-refractivity contribution in [2.75, 3.05) is 13.1 Å². The molecule has 1 aliphatic heterocycles. The summed E-state index contributed by atoms with van der Waals surface area (Å²) in [5, 5.41) is 4.13.